The van der Waals surface area contributed by atoms with Crippen LogP contribution in [0, 0.1) is 6.92 Å². The van der Waals surface area contributed by atoms with Crippen LogP contribution < -0.4 is 0 Å². The van der Waals surface area contributed by atoms with E-state index in [9.17, 15) is 0 Å². The molecule has 0 radical (unpaired) electrons. The van der Waals surface area contributed by atoms with Crippen molar-refractivity contribution in [2.75, 3.05) is 0 Å². The Hall–Kier alpha value is -2.97. The Morgan fingerprint density at radius 1 is 0.941 bits per heavy atom. The molecule has 4 heterocycles. The SMILES string of the molecule is CCC1CC(C)=NO1.CCc1cc(C)no1.CCc1cn(CC)cn1.CCc1cn(CC)nn1. The molecule has 0 bridgehead atoms. The first-order valence-electron chi connectivity index (χ1n) is 12.4. The molecule has 9 nitrogen and oxygen atoms in total. The van der Waals surface area contributed by atoms with Gasteiger partial charge in [0, 0.05) is 44.4 Å². The molecule has 0 aliphatic carbocycles. The Bertz CT molecular complexity index is 863. The first kappa shape index (κ1) is 29.1. The maximum Gasteiger partial charge on any atom is 0.136 e. The molecule has 0 N–H and O–H groups in total. The van der Waals surface area contributed by atoms with Gasteiger partial charge in [0.05, 0.1) is 29.1 Å². The zero-order chi connectivity index (χ0) is 25.3. The van der Waals surface area contributed by atoms with Crippen LogP contribution in [0.25, 0.3) is 0 Å². The van der Waals surface area contributed by atoms with Gasteiger partial charge in [0.2, 0.25) is 0 Å². The first-order chi connectivity index (χ1) is 16.4. The predicted molar refractivity (Wildman–Crippen MR) is 136 cm³/mol. The third-order valence-electron chi connectivity index (χ3n) is 5.05. The van der Waals surface area contributed by atoms with Crippen molar-refractivity contribution in [3.63, 3.8) is 0 Å². The molecule has 0 amide bonds. The van der Waals surface area contributed by atoms with Crippen LogP contribution in [0.2, 0.25) is 0 Å². The lowest BCUT2D eigenvalue weighted by Gasteiger charge is -2.00. The Labute approximate surface area is 204 Å². The molecule has 0 fully saturated rings. The molecule has 1 aliphatic heterocycles. The number of rotatable bonds is 6. The molecule has 0 saturated carbocycles. The summed E-state index contributed by atoms with van der Waals surface area (Å²) in [4.78, 5) is 9.17. The highest BCUT2D eigenvalue weighted by Gasteiger charge is 2.14. The van der Waals surface area contributed by atoms with Crippen LogP contribution >= 0.6 is 0 Å². The van der Waals surface area contributed by atoms with Gasteiger partial charge in [-0.25, -0.2) is 4.98 Å². The van der Waals surface area contributed by atoms with Crippen molar-refractivity contribution in [3.05, 3.63) is 47.6 Å². The third kappa shape index (κ3) is 11.2. The summed E-state index contributed by atoms with van der Waals surface area (Å²) in [7, 11) is 0. The minimum absolute atomic E-state index is 0.370. The number of nitrogens with zero attached hydrogens (tertiary/aromatic N) is 7. The van der Waals surface area contributed by atoms with Crippen molar-refractivity contribution in [1.82, 2.24) is 29.7 Å². The van der Waals surface area contributed by atoms with Gasteiger partial charge in [0.1, 0.15) is 11.9 Å². The summed E-state index contributed by atoms with van der Waals surface area (Å²) in [6, 6.07) is 1.94. The molecular weight excluding hydrogens is 430 g/mol. The van der Waals surface area contributed by atoms with E-state index < -0.39 is 0 Å². The molecule has 1 aliphatic rings. The molecule has 4 rings (SSSR count). The van der Waals surface area contributed by atoms with E-state index in [-0.39, 0.29) is 0 Å². The topological polar surface area (TPSA) is 96.2 Å². The number of aryl methyl sites for hydroxylation is 6. The van der Waals surface area contributed by atoms with Gasteiger partial charge >= 0.3 is 0 Å². The van der Waals surface area contributed by atoms with Gasteiger partial charge in [0.25, 0.3) is 0 Å². The van der Waals surface area contributed by atoms with Gasteiger partial charge in [-0.15, -0.1) is 5.10 Å². The average Bonchev–Trinajstić information content (AvgIpc) is 3.67. The highest BCUT2D eigenvalue weighted by Crippen LogP contribution is 2.12. The van der Waals surface area contributed by atoms with Gasteiger partial charge in [-0.05, 0) is 47.0 Å². The number of hydrogen-bond donors (Lipinski definition) is 0. The van der Waals surface area contributed by atoms with Crippen LogP contribution in [0.15, 0.2) is 34.5 Å². The first-order valence-corrected chi connectivity index (χ1v) is 12.4. The van der Waals surface area contributed by atoms with Crippen LogP contribution in [-0.4, -0.2) is 41.5 Å². The smallest absolute Gasteiger partial charge is 0.136 e. The monoisotopic (exact) mass is 473 g/mol. The lowest BCUT2D eigenvalue weighted by molar-refractivity contribution is 0.0829. The third-order valence-corrected chi connectivity index (χ3v) is 5.05. The zero-order valence-corrected chi connectivity index (χ0v) is 22.3. The molecule has 3 aromatic rings. The Morgan fingerprint density at radius 2 is 1.68 bits per heavy atom. The van der Waals surface area contributed by atoms with Gasteiger partial charge in [-0.1, -0.05) is 43.2 Å². The summed E-state index contributed by atoms with van der Waals surface area (Å²) in [5.74, 6) is 0.961. The lowest BCUT2D eigenvalue weighted by Crippen LogP contribution is -2.03. The minimum atomic E-state index is 0.370. The molecular formula is C25H43N7O2. The van der Waals surface area contributed by atoms with Crippen LogP contribution in [0.3, 0.4) is 0 Å². The number of imidazole rings is 1. The summed E-state index contributed by atoms with van der Waals surface area (Å²) >= 11 is 0. The van der Waals surface area contributed by atoms with Crippen molar-refractivity contribution >= 4 is 5.71 Å². The van der Waals surface area contributed by atoms with E-state index in [0.29, 0.717) is 6.10 Å². The summed E-state index contributed by atoms with van der Waals surface area (Å²) in [6.07, 6.45) is 11.3. The van der Waals surface area contributed by atoms with Gasteiger partial charge in [-0.2, -0.15) is 0 Å². The Morgan fingerprint density at radius 3 is 1.97 bits per heavy atom. The molecule has 190 valence electrons. The number of aromatic nitrogens is 6. The van der Waals surface area contributed by atoms with Crippen molar-refractivity contribution in [2.45, 2.75) is 107 Å². The summed E-state index contributed by atoms with van der Waals surface area (Å²) < 4.78 is 8.78. The van der Waals surface area contributed by atoms with E-state index in [1.54, 1.807) is 0 Å². The fourth-order valence-electron chi connectivity index (χ4n) is 2.79. The molecule has 9 heteroatoms. The maximum atomic E-state index is 5.00. The standard InChI is InChI=1S/C7H12N2.C6H11N3.C6H11NO.C6H9NO/c1-3-7-5-9(4-2)6-8-7;1-3-6-5-9(4-2)8-7-6;2*1-3-6-4-5(2)7-8-6/h5-6H,3-4H2,1-2H3;5H,3-4H2,1-2H3;6H,3-4H2,1-2H3;4H,3H2,1-2H3. The average molecular weight is 474 g/mol. The highest BCUT2D eigenvalue weighted by atomic mass is 16.6. The molecule has 0 aromatic carbocycles. The molecule has 3 aromatic heterocycles. The van der Waals surface area contributed by atoms with Crippen LogP contribution in [-0.2, 0) is 37.2 Å². The van der Waals surface area contributed by atoms with Crippen LogP contribution in [0.4, 0.5) is 0 Å². The minimum Gasteiger partial charge on any atom is -0.392 e. The highest BCUT2D eigenvalue weighted by molar-refractivity contribution is 5.82. The summed E-state index contributed by atoms with van der Waals surface area (Å²) in [6.45, 7) is 18.3. The fraction of sp³-hybridized carbons (Fsp3) is 0.640. The van der Waals surface area contributed by atoms with Crippen molar-refractivity contribution in [1.29, 1.82) is 0 Å². The second-order valence-electron chi connectivity index (χ2n) is 7.92. The van der Waals surface area contributed by atoms with Crippen LogP contribution in [0.1, 0.15) is 84.1 Å². The number of hydrogen-bond acceptors (Lipinski definition) is 7. The Balaban J connectivity index is 0.000000227. The molecule has 1 atom stereocenters. The summed E-state index contributed by atoms with van der Waals surface area (Å²) in [5, 5.41) is 15.3. The van der Waals surface area contributed by atoms with Gasteiger partial charge in [0.15, 0.2) is 0 Å². The van der Waals surface area contributed by atoms with Crippen molar-refractivity contribution < 1.29 is 9.36 Å². The quantitative estimate of drug-likeness (QED) is 0.473. The largest absolute Gasteiger partial charge is 0.392 e. The second kappa shape index (κ2) is 16.6. The van der Waals surface area contributed by atoms with E-state index in [2.05, 4.69) is 64.1 Å². The normalized spacial score (nSPS) is 14.0. The molecule has 0 saturated heterocycles. The van der Waals surface area contributed by atoms with E-state index in [1.165, 1.54) is 5.69 Å². The second-order valence-corrected chi connectivity index (χ2v) is 7.92. The fourth-order valence-corrected chi connectivity index (χ4v) is 2.79. The Kier molecular flexibility index (Phi) is 14.2. The molecule has 34 heavy (non-hydrogen) atoms. The molecule has 0 spiro atoms. The lowest BCUT2D eigenvalue weighted by atomic mass is 10.2. The zero-order valence-electron chi connectivity index (χ0n) is 22.3. The maximum absolute atomic E-state index is 5.00. The van der Waals surface area contributed by atoms with Crippen molar-refractivity contribution in [2.24, 2.45) is 5.16 Å². The predicted octanol–water partition coefficient (Wildman–Crippen LogP) is 5.43. The van der Waals surface area contributed by atoms with Gasteiger partial charge < -0.3 is 13.9 Å². The van der Waals surface area contributed by atoms with E-state index in [4.69, 9.17) is 9.36 Å². The van der Waals surface area contributed by atoms with Crippen molar-refractivity contribution in [3.8, 4) is 0 Å². The van der Waals surface area contributed by atoms with E-state index >= 15 is 0 Å². The summed E-state index contributed by atoms with van der Waals surface area (Å²) in [5.41, 5.74) is 4.33. The van der Waals surface area contributed by atoms with Crippen LogP contribution in [0.5, 0.6) is 0 Å². The molecule has 1 unspecified atom stereocenters. The van der Waals surface area contributed by atoms with Gasteiger partial charge in [-0.3, -0.25) is 4.68 Å². The van der Waals surface area contributed by atoms with E-state index in [1.807, 2.05) is 51.0 Å². The van der Waals surface area contributed by atoms with E-state index in [0.717, 1.165) is 68.1 Å². The number of oxime groups is 1.